The highest BCUT2D eigenvalue weighted by molar-refractivity contribution is 5.92. The van der Waals surface area contributed by atoms with Crippen molar-refractivity contribution in [1.82, 2.24) is 25.8 Å². The van der Waals surface area contributed by atoms with Gasteiger partial charge in [-0.1, -0.05) is 168 Å². The third-order valence-electron chi connectivity index (χ3n) is 13.0. The van der Waals surface area contributed by atoms with Gasteiger partial charge in [-0.3, -0.25) is 24.0 Å². The SMILES string of the molecule is CCCCCCCCCCCCCCCC(=O)N1CCCC1C(=O)NCCCCC(NC(=O)C1CCCN1C(=O)CCCCCCCCCCCCCCC)C(=O)NCCN. The van der Waals surface area contributed by atoms with Crippen LogP contribution < -0.4 is 21.7 Å². The molecule has 5 amide bonds. The molecule has 5 N–H and O–H groups in total. The number of carbonyl (C=O) groups excluding carboxylic acids is 5. The summed E-state index contributed by atoms with van der Waals surface area (Å²) in [5, 5.41) is 8.81. The average molecular weight is 859 g/mol. The molecule has 2 aliphatic rings. The molecular formula is C50H94N6O5. The molecule has 0 radical (unpaired) electrons. The highest BCUT2D eigenvalue weighted by Gasteiger charge is 2.36. The summed E-state index contributed by atoms with van der Waals surface area (Å²) >= 11 is 0. The Kier molecular flexibility index (Phi) is 32.8. The summed E-state index contributed by atoms with van der Waals surface area (Å²) in [4.78, 5) is 69.6. The molecule has 11 heteroatoms. The van der Waals surface area contributed by atoms with Crippen LogP contribution in [-0.4, -0.2) is 90.2 Å². The summed E-state index contributed by atoms with van der Waals surface area (Å²) in [6.07, 6.45) is 38.3. The van der Waals surface area contributed by atoms with E-state index in [2.05, 4.69) is 29.8 Å². The monoisotopic (exact) mass is 859 g/mol. The number of nitrogens with zero attached hydrogens (tertiary/aromatic N) is 2. The zero-order chi connectivity index (χ0) is 44.2. The normalized spacial score (nSPS) is 16.8. The third-order valence-corrected chi connectivity index (χ3v) is 13.0. The van der Waals surface area contributed by atoms with Gasteiger partial charge in [0.15, 0.2) is 0 Å². The van der Waals surface area contributed by atoms with Gasteiger partial charge in [0.1, 0.15) is 18.1 Å². The molecule has 11 nitrogen and oxygen atoms in total. The Balaban J connectivity index is 1.65. The summed E-state index contributed by atoms with van der Waals surface area (Å²) in [5.41, 5.74) is 5.65. The Bertz CT molecular complexity index is 1170. The number of likely N-dealkylation sites (tertiary alicyclic amines) is 2. The van der Waals surface area contributed by atoms with Crippen LogP contribution in [0.2, 0.25) is 0 Å². The molecule has 0 aliphatic carbocycles. The maximum atomic E-state index is 13.5. The molecule has 61 heavy (non-hydrogen) atoms. The zero-order valence-corrected chi connectivity index (χ0v) is 39.5. The summed E-state index contributed by atoms with van der Waals surface area (Å²) in [5.74, 6) is -0.546. The molecule has 2 heterocycles. The molecule has 0 aromatic rings. The number of nitrogens with one attached hydrogen (secondary N) is 3. The van der Waals surface area contributed by atoms with Crippen molar-refractivity contribution in [2.75, 3.05) is 32.7 Å². The van der Waals surface area contributed by atoms with Gasteiger partial charge < -0.3 is 31.5 Å². The van der Waals surface area contributed by atoms with Gasteiger partial charge in [0.25, 0.3) is 0 Å². The topological polar surface area (TPSA) is 154 Å². The maximum Gasteiger partial charge on any atom is 0.243 e. The van der Waals surface area contributed by atoms with E-state index in [1.54, 1.807) is 9.80 Å². The second-order valence-corrected chi connectivity index (χ2v) is 18.4. The van der Waals surface area contributed by atoms with Crippen molar-refractivity contribution < 1.29 is 24.0 Å². The van der Waals surface area contributed by atoms with Crippen molar-refractivity contribution in [1.29, 1.82) is 0 Å². The number of unbranched alkanes of at least 4 members (excludes halogenated alkanes) is 25. The molecule has 2 saturated heterocycles. The maximum absolute atomic E-state index is 13.5. The number of hydrogen-bond acceptors (Lipinski definition) is 6. The first-order valence-electron chi connectivity index (χ1n) is 26.0. The first-order chi connectivity index (χ1) is 29.8. The summed E-state index contributed by atoms with van der Waals surface area (Å²) in [6.45, 7) is 6.77. The lowest BCUT2D eigenvalue weighted by Crippen LogP contribution is -2.53. The van der Waals surface area contributed by atoms with Crippen LogP contribution in [0.3, 0.4) is 0 Å². The Hall–Kier alpha value is -2.69. The van der Waals surface area contributed by atoms with Crippen LogP contribution in [-0.2, 0) is 24.0 Å². The van der Waals surface area contributed by atoms with Crippen LogP contribution in [0, 0.1) is 0 Å². The van der Waals surface area contributed by atoms with Crippen molar-refractivity contribution in [2.24, 2.45) is 5.73 Å². The minimum atomic E-state index is -0.749. The number of nitrogens with two attached hydrogens (primary N) is 1. The van der Waals surface area contributed by atoms with Gasteiger partial charge in [-0.05, 0) is 57.8 Å². The number of carbonyl (C=O) groups is 5. The molecule has 0 aromatic heterocycles. The fourth-order valence-corrected chi connectivity index (χ4v) is 9.21. The van der Waals surface area contributed by atoms with E-state index in [-0.39, 0.29) is 29.5 Å². The van der Waals surface area contributed by atoms with Gasteiger partial charge in [0.05, 0.1) is 0 Å². The van der Waals surface area contributed by atoms with E-state index in [9.17, 15) is 24.0 Å². The molecule has 0 aromatic carbocycles. The lowest BCUT2D eigenvalue weighted by molar-refractivity contribution is -0.139. The largest absolute Gasteiger partial charge is 0.354 e. The van der Waals surface area contributed by atoms with Gasteiger partial charge in [-0.2, -0.15) is 0 Å². The van der Waals surface area contributed by atoms with Crippen LogP contribution in [0.1, 0.15) is 239 Å². The minimum Gasteiger partial charge on any atom is -0.354 e. The van der Waals surface area contributed by atoms with E-state index in [1.807, 2.05) is 0 Å². The van der Waals surface area contributed by atoms with Crippen molar-refractivity contribution >= 4 is 29.5 Å². The predicted molar refractivity (Wildman–Crippen MR) is 251 cm³/mol. The first-order valence-corrected chi connectivity index (χ1v) is 26.0. The molecule has 0 saturated carbocycles. The predicted octanol–water partition coefficient (Wildman–Crippen LogP) is 9.78. The van der Waals surface area contributed by atoms with Crippen LogP contribution in [0.25, 0.3) is 0 Å². The van der Waals surface area contributed by atoms with E-state index in [1.165, 1.54) is 135 Å². The van der Waals surface area contributed by atoms with E-state index < -0.39 is 18.1 Å². The number of amides is 5. The summed E-state index contributed by atoms with van der Waals surface area (Å²) in [7, 11) is 0. The van der Waals surface area contributed by atoms with E-state index in [4.69, 9.17) is 5.73 Å². The second kappa shape index (κ2) is 36.8. The van der Waals surface area contributed by atoms with Gasteiger partial charge in [0, 0.05) is 45.6 Å². The third kappa shape index (κ3) is 25.3. The van der Waals surface area contributed by atoms with Crippen LogP contribution in [0.15, 0.2) is 0 Å². The Morgan fingerprint density at radius 2 is 0.885 bits per heavy atom. The average Bonchev–Trinajstić information content (AvgIpc) is 3.97. The first kappa shape index (κ1) is 54.4. The van der Waals surface area contributed by atoms with Crippen LogP contribution >= 0.6 is 0 Å². The summed E-state index contributed by atoms with van der Waals surface area (Å²) in [6, 6.07) is -1.72. The lowest BCUT2D eigenvalue weighted by atomic mass is 10.0. The number of hydrogen-bond donors (Lipinski definition) is 4. The fourth-order valence-electron chi connectivity index (χ4n) is 9.21. The quantitative estimate of drug-likeness (QED) is 0.0452. The summed E-state index contributed by atoms with van der Waals surface area (Å²) < 4.78 is 0. The minimum absolute atomic E-state index is 0.0303. The van der Waals surface area contributed by atoms with Gasteiger partial charge in [-0.15, -0.1) is 0 Å². The molecule has 3 atom stereocenters. The van der Waals surface area contributed by atoms with Crippen LogP contribution in [0.4, 0.5) is 0 Å². The van der Waals surface area contributed by atoms with Crippen molar-refractivity contribution in [2.45, 2.75) is 257 Å². The Morgan fingerprint density at radius 1 is 0.492 bits per heavy atom. The lowest BCUT2D eigenvalue weighted by Gasteiger charge is -2.26. The van der Waals surface area contributed by atoms with Crippen molar-refractivity contribution in [3.8, 4) is 0 Å². The van der Waals surface area contributed by atoms with E-state index in [0.717, 1.165) is 44.9 Å². The van der Waals surface area contributed by atoms with Gasteiger partial charge >= 0.3 is 0 Å². The van der Waals surface area contributed by atoms with Crippen molar-refractivity contribution in [3.05, 3.63) is 0 Å². The highest BCUT2D eigenvalue weighted by Crippen LogP contribution is 2.22. The van der Waals surface area contributed by atoms with E-state index >= 15 is 0 Å². The molecule has 354 valence electrons. The zero-order valence-electron chi connectivity index (χ0n) is 39.5. The molecule has 2 aliphatic heterocycles. The smallest absolute Gasteiger partial charge is 0.243 e. The van der Waals surface area contributed by atoms with Crippen LogP contribution in [0.5, 0.6) is 0 Å². The standard InChI is InChI=1S/C50H94N6O5/c1-3-5-7-9-11-13-15-17-19-21-23-25-27-36-46(57)55-41-31-34-44(55)49(60)52-39-30-29-33-43(48(59)53-40-38-51)54-50(61)45-35-32-42-56(45)47(58)37-28-26-24-22-20-18-16-14-12-10-8-6-4-2/h43-45H,3-42,51H2,1-2H3,(H,52,60)(H,53,59)(H,54,61). The molecule has 0 bridgehead atoms. The van der Waals surface area contributed by atoms with Gasteiger partial charge in [0.2, 0.25) is 29.5 Å². The Labute approximate surface area is 373 Å². The molecular weight excluding hydrogens is 765 g/mol. The molecule has 0 spiro atoms. The van der Waals surface area contributed by atoms with E-state index in [0.29, 0.717) is 77.7 Å². The fraction of sp³-hybridized carbons (Fsp3) is 0.900. The number of rotatable bonds is 39. The van der Waals surface area contributed by atoms with Crippen molar-refractivity contribution in [3.63, 3.8) is 0 Å². The highest BCUT2D eigenvalue weighted by atomic mass is 16.2. The molecule has 2 fully saturated rings. The molecule has 2 rings (SSSR count). The second-order valence-electron chi connectivity index (χ2n) is 18.4. The Morgan fingerprint density at radius 3 is 1.30 bits per heavy atom. The van der Waals surface area contributed by atoms with Gasteiger partial charge in [-0.25, -0.2) is 0 Å². The molecule has 3 unspecified atom stereocenters.